The van der Waals surface area contributed by atoms with E-state index in [-0.39, 0.29) is 17.0 Å². The van der Waals surface area contributed by atoms with E-state index in [0.717, 1.165) is 5.56 Å². The summed E-state index contributed by atoms with van der Waals surface area (Å²) in [5.74, 6) is -0.947. The summed E-state index contributed by atoms with van der Waals surface area (Å²) in [6.07, 6.45) is 3.37. The number of benzene rings is 1. The van der Waals surface area contributed by atoms with Gasteiger partial charge in [-0.2, -0.15) is 5.26 Å². The summed E-state index contributed by atoms with van der Waals surface area (Å²) < 4.78 is 12.0. The number of allylic oxidation sites excluding steroid dienone is 1. The van der Waals surface area contributed by atoms with Crippen molar-refractivity contribution in [2.75, 3.05) is 7.11 Å². The summed E-state index contributed by atoms with van der Waals surface area (Å²) in [5, 5.41) is 9.79. The fourth-order valence-corrected chi connectivity index (χ4v) is 3.82. The Morgan fingerprint density at radius 2 is 2.06 bits per heavy atom. The molecule has 0 bridgehead atoms. The van der Waals surface area contributed by atoms with Crippen molar-refractivity contribution in [2.24, 2.45) is 5.73 Å². The van der Waals surface area contributed by atoms with Crippen LogP contribution in [-0.4, -0.2) is 22.6 Å². The molecule has 0 unspecified atom stereocenters. The highest BCUT2D eigenvalue weighted by Crippen LogP contribution is 2.40. The number of rotatable bonds is 4. The Hall–Kier alpha value is -4.38. The van der Waals surface area contributed by atoms with Crippen molar-refractivity contribution < 1.29 is 14.3 Å². The number of nitrogens with two attached hydrogens (primary N) is 1. The lowest BCUT2D eigenvalue weighted by molar-refractivity contribution is 0.0600. The number of nitriles is 1. The lowest BCUT2D eigenvalue weighted by Gasteiger charge is -2.27. The summed E-state index contributed by atoms with van der Waals surface area (Å²) in [4.78, 5) is 29.5. The SMILES string of the molecule is COC(=O)c1ccc([C@H]2C(C#N)=C(N)Oc3cc(C)n(Cc4cccnc4)c(=O)c32)cc1. The number of hydrogen-bond donors (Lipinski definition) is 1. The van der Waals surface area contributed by atoms with E-state index < -0.39 is 11.9 Å². The molecule has 0 amide bonds. The van der Waals surface area contributed by atoms with Crippen LogP contribution >= 0.6 is 0 Å². The molecule has 3 aromatic rings. The van der Waals surface area contributed by atoms with Gasteiger partial charge in [0, 0.05) is 24.2 Å². The van der Waals surface area contributed by atoms with Gasteiger partial charge < -0.3 is 19.8 Å². The molecule has 4 rings (SSSR count). The molecule has 0 saturated carbocycles. The second kappa shape index (κ2) is 8.40. The smallest absolute Gasteiger partial charge is 0.337 e. The topological polar surface area (TPSA) is 120 Å². The van der Waals surface area contributed by atoms with E-state index in [1.807, 2.05) is 6.07 Å². The zero-order valence-corrected chi connectivity index (χ0v) is 17.5. The second-order valence-corrected chi connectivity index (χ2v) is 7.35. The molecule has 0 aliphatic carbocycles. The van der Waals surface area contributed by atoms with Crippen LogP contribution in [0.3, 0.4) is 0 Å². The number of fused-ring (bicyclic) bond motifs is 1. The third-order valence-corrected chi connectivity index (χ3v) is 5.42. The molecular weight excluding hydrogens is 408 g/mol. The van der Waals surface area contributed by atoms with E-state index in [0.29, 0.717) is 34.7 Å². The van der Waals surface area contributed by atoms with Gasteiger partial charge in [-0.05, 0) is 36.2 Å². The van der Waals surface area contributed by atoms with Gasteiger partial charge in [-0.25, -0.2) is 4.79 Å². The average molecular weight is 428 g/mol. The first-order chi connectivity index (χ1) is 15.4. The molecule has 8 heteroatoms. The Balaban J connectivity index is 1.88. The van der Waals surface area contributed by atoms with Crippen LogP contribution in [0.5, 0.6) is 5.75 Å². The number of carbonyl (C=O) groups excluding carboxylic acids is 1. The first kappa shape index (κ1) is 20.9. The van der Waals surface area contributed by atoms with E-state index in [1.54, 1.807) is 60.3 Å². The molecule has 1 atom stereocenters. The largest absolute Gasteiger partial charge is 0.465 e. The normalized spacial score (nSPS) is 14.8. The highest BCUT2D eigenvalue weighted by Gasteiger charge is 2.34. The molecule has 2 aromatic heterocycles. The zero-order chi connectivity index (χ0) is 22.8. The Bertz CT molecular complexity index is 1320. The van der Waals surface area contributed by atoms with Gasteiger partial charge in [0.25, 0.3) is 5.56 Å². The maximum Gasteiger partial charge on any atom is 0.337 e. The number of carbonyl (C=O) groups is 1. The van der Waals surface area contributed by atoms with Crippen LogP contribution in [0, 0.1) is 18.3 Å². The summed E-state index contributed by atoms with van der Waals surface area (Å²) in [6.45, 7) is 2.13. The Labute approximate surface area is 184 Å². The molecule has 1 aliphatic heterocycles. The minimum absolute atomic E-state index is 0.0501. The molecule has 160 valence electrons. The van der Waals surface area contributed by atoms with Crippen LogP contribution in [0.2, 0.25) is 0 Å². The summed E-state index contributed by atoms with van der Waals surface area (Å²) >= 11 is 0. The van der Waals surface area contributed by atoms with Crippen molar-refractivity contribution in [2.45, 2.75) is 19.4 Å². The fourth-order valence-electron chi connectivity index (χ4n) is 3.82. The third kappa shape index (κ3) is 3.61. The molecule has 32 heavy (non-hydrogen) atoms. The van der Waals surface area contributed by atoms with E-state index in [4.69, 9.17) is 15.2 Å². The highest BCUT2D eigenvalue weighted by atomic mass is 16.5. The molecule has 1 aliphatic rings. The van der Waals surface area contributed by atoms with Crippen molar-refractivity contribution in [1.82, 2.24) is 9.55 Å². The zero-order valence-electron chi connectivity index (χ0n) is 17.5. The molecule has 8 nitrogen and oxygen atoms in total. The molecular formula is C24H20N4O4. The molecule has 0 saturated heterocycles. The van der Waals surface area contributed by atoms with Crippen LogP contribution < -0.4 is 16.0 Å². The van der Waals surface area contributed by atoms with Crippen LogP contribution in [0.25, 0.3) is 0 Å². The first-order valence-corrected chi connectivity index (χ1v) is 9.83. The number of hydrogen-bond acceptors (Lipinski definition) is 7. The third-order valence-electron chi connectivity index (χ3n) is 5.42. The van der Waals surface area contributed by atoms with Crippen molar-refractivity contribution in [3.8, 4) is 11.8 Å². The number of nitrogens with zero attached hydrogens (tertiary/aromatic N) is 3. The Kier molecular flexibility index (Phi) is 5.48. The van der Waals surface area contributed by atoms with Crippen LogP contribution in [-0.2, 0) is 11.3 Å². The Morgan fingerprint density at radius 1 is 1.31 bits per heavy atom. The van der Waals surface area contributed by atoms with Gasteiger partial charge in [0.15, 0.2) is 0 Å². The van der Waals surface area contributed by atoms with Gasteiger partial charge in [-0.15, -0.1) is 0 Å². The van der Waals surface area contributed by atoms with Crippen molar-refractivity contribution >= 4 is 5.97 Å². The molecule has 1 aromatic carbocycles. The summed E-state index contributed by atoms with van der Waals surface area (Å²) in [7, 11) is 1.30. The lowest BCUT2D eigenvalue weighted by Crippen LogP contribution is -2.33. The maximum atomic E-state index is 13.6. The van der Waals surface area contributed by atoms with E-state index in [1.165, 1.54) is 7.11 Å². The summed E-state index contributed by atoms with van der Waals surface area (Å²) in [5.41, 5.74) is 8.75. The number of aromatic nitrogens is 2. The molecule has 0 radical (unpaired) electrons. The van der Waals surface area contributed by atoms with Crippen molar-refractivity contribution in [3.05, 3.63) is 105 Å². The molecule has 3 heterocycles. The van der Waals surface area contributed by atoms with E-state index in [2.05, 4.69) is 11.1 Å². The Morgan fingerprint density at radius 3 is 2.69 bits per heavy atom. The van der Waals surface area contributed by atoms with Gasteiger partial charge >= 0.3 is 5.97 Å². The number of methoxy groups -OCH3 is 1. The quantitative estimate of drug-likeness (QED) is 0.634. The minimum atomic E-state index is -0.733. The van der Waals surface area contributed by atoms with E-state index >= 15 is 0 Å². The number of pyridine rings is 2. The van der Waals surface area contributed by atoms with Gasteiger partial charge in [0.05, 0.1) is 30.7 Å². The fraction of sp³-hybridized carbons (Fsp3) is 0.167. The van der Waals surface area contributed by atoms with Crippen LogP contribution in [0.15, 0.2) is 71.1 Å². The molecule has 2 N–H and O–H groups in total. The van der Waals surface area contributed by atoms with Crippen LogP contribution in [0.1, 0.15) is 38.7 Å². The predicted octanol–water partition coefficient (Wildman–Crippen LogP) is 2.60. The van der Waals surface area contributed by atoms with Gasteiger partial charge in [-0.3, -0.25) is 9.78 Å². The maximum absolute atomic E-state index is 13.6. The minimum Gasteiger partial charge on any atom is -0.465 e. The van der Waals surface area contributed by atoms with Gasteiger partial charge in [0.1, 0.15) is 17.4 Å². The van der Waals surface area contributed by atoms with Gasteiger partial charge in [0.2, 0.25) is 5.88 Å². The molecule has 0 fully saturated rings. The number of ether oxygens (including phenoxy) is 2. The number of aryl methyl sites for hydroxylation is 1. The monoisotopic (exact) mass is 428 g/mol. The number of esters is 1. The van der Waals surface area contributed by atoms with Gasteiger partial charge in [-0.1, -0.05) is 18.2 Å². The van der Waals surface area contributed by atoms with Crippen molar-refractivity contribution in [3.63, 3.8) is 0 Å². The molecule has 0 spiro atoms. The highest BCUT2D eigenvalue weighted by molar-refractivity contribution is 5.89. The average Bonchev–Trinajstić information content (AvgIpc) is 2.81. The standard InChI is InChI=1S/C24H20N4O4/c1-14-10-19-21(23(29)28(14)13-15-4-3-9-27-12-15)20(18(11-25)22(26)32-19)16-5-7-17(8-6-16)24(30)31-2/h3-10,12,20H,13,26H2,1-2H3/t20-/m0/s1. The van der Waals surface area contributed by atoms with Crippen LogP contribution in [0.4, 0.5) is 0 Å². The van der Waals surface area contributed by atoms with E-state index in [9.17, 15) is 14.9 Å². The lowest BCUT2D eigenvalue weighted by atomic mass is 9.83. The summed E-state index contributed by atoms with van der Waals surface area (Å²) in [6, 6.07) is 14.1. The first-order valence-electron chi connectivity index (χ1n) is 9.83. The van der Waals surface area contributed by atoms with Crippen molar-refractivity contribution in [1.29, 1.82) is 5.26 Å². The predicted molar refractivity (Wildman–Crippen MR) is 116 cm³/mol. The second-order valence-electron chi connectivity index (χ2n) is 7.35.